The van der Waals surface area contributed by atoms with Gasteiger partial charge in [0.2, 0.25) is 11.8 Å². The van der Waals surface area contributed by atoms with Crippen molar-refractivity contribution in [1.82, 2.24) is 10.2 Å². The Balaban J connectivity index is 1.63. The first kappa shape index (κ1) is 16.3. The second-order valence-electron chi connectivity index (χ2n) is 7.32. The van der Waals surface area contributed by atoms with Crippen LogP contribution in [0.25, 0.3) is 0 Å². The molecule has 0 aromatic rings. The number of carbonyl (C=O) groups is 3. The molecule has 2 amide bonds. The third-order valence-electron chi connectivity index (χ3n) is 5.77. The van der Waals surface area contributed by atoms with E-state index in [-0.39, 0.29) is 24.3 Å². The first-order valence-corrected chi connectivity index (χ1v) is 8.87. The molecule has 3 fully saturated rings. The summed E-state index contributed by atoms with van der Waals surface area (Å²) in [6.45, 7) is 0.449. The molecule has 6 nitrogen and oxygen atoms in total. The average molecular weight is 322 g/mol. The van der Waals surface area contributed by atoms with Crippen molar-refractivity contribution in [2.45, 2.75) is 75.8 Å². The molecule has 23 heavy (non-hydrogen) atoms. The number of hydrogen-bond acceptors (Lipinski definition) is 3. The van der Waals surface area contributed by atoms with Crippen LogP contribution in [0.2, 0.25) is 0 Å². The number of carboxylic acid groups (broad SMARTS) is 1. The number of likely N-dealkylation sites (tertiary alicyclic amines) is 1. The summed E-state index contributed by atoms with van der Waals surface area (Å²) >= 11 is 0. The number of amides is 2. The number of nitrogens with one attached hydrogen (secondary N) is 1. The largest absolute Gasteiger partial charge is 0.480 e. The van der Waals surface area contributed by atoms with E-state index in [0.717, 1.165) is 44.9 Å². The zero-order valence-electron chi connectivity index (χ0n) is 13.6. The fraction of sp³-hybridized carbons (Fsp3) is 0.824. The molecule has 0 radical (unpaired) electrons. The van der Waals surface area contributed by atoms with E-state index in [4.69, 9.17) is 0 Å². The van der Waals surface area contributed by atoms with Gasteiger partial charge in [-0.25, -0.2) is 4.79 Å². The predicted molar refractivity (Wildman–Crippen MR) is 83.7 cm³/mol. The van der Waals surface area contributed by atoms with Crippen molar-refractivity contribution >= 4 is 17.8 Å². The van der Waals surface area contributed by atoms with Gasteiger partial charge < -0.3 is 15.3 Å². The molecule has 2 aliphatic carbocycles. The molecule has 3 rings (SSSR count). The van der Waals surface area contributed by atoms with Gasteiger partial charge in [-0.1, -0.05) is 32.1 Å². The molecule has 128 valence electrons. The lowest BCUT2D eigenvalue weighted by Gasteiger charge is -2.34. The Hall–Kier alpha value is -1.59. The Morgan fingerprint density at radius 1 is 1.09 bits per heavy atom. The van der Waals surface area contributed by atoms with E-state index < -0.39 is 17.4 Å². The van der Waals surface area contributed by atoms with Gasteiger partial charge in [-0.3, -0.25) is 9.59 Å². The summed E-state index contributed by atoms with van der Waals surface area (Å²) in [5.41, 5.74) is -1.13. The molecular formula is C17H26N2O4. The van der Waals surface area contributed by atoms with E-state index in [9.17, 15) is 19.5 Å². The number of aliphatic carboxylic acids is 1. The van der Waals surface area contributed by atoms with E-state index in [1.165, 1.54) is 0 Å². The summed E-state index contributed by atoms with van der Waals surface area (Å²) in [5, 5.41) is 12.4. The lowest BCUT2D eigenvalue weighted by Crippen LogP contribution is -2.57. The van der Waals surface area contributed by atoms with Crippen LogP contribution in [0.15, 0.2) is 0 Å². The Morgan fingerprint density at radius 3 is 2.35 bits per heavy atom. The number of nitrogens with zero attached hydrogens (tertiary/aromatic N) is 1. The minimum absolute atomic E-state index is 0.0464. The summed E-state index contributed by atoms with van der Waals surface area (Å²) in [4.78, 5) is 38.3. The predicted octanol–water partition coefficient (Wildman–Crippen LogP) is 1.68. The van der Waals surface area contributed by atoms with Crippen LogP contribution in [-0.4, -0.2) is 45.9 Å². The molecule has 0 unspecified atom stereocenters. The maximum absolute atomic E-state index is 12.6. The van der Waals surface area contributed by atoms with Crippen LogP contribution >= 0.6 is 0 Å². The van der Waals surface area contributed by atoms with Crippen molar-refractivity contribution in [1.29, 1.82) is 0 Å². The highest BCUT2D eigenvalue weighted by Gasteiger charge is 2.45. The second-order valence-corrected chi connectivity index (χ2v) is 7.32. The maximum atomic E-state index is 12.6. The third kappa shape index (κ3) is 3.21. The number of rotatable bonds is 4. The normalized spacial score (nSPS) is 28.1. The van der Waals surface area contributed by atoms with E-state index in [1.54, 1.807) is 0 Å². The van der Waals surface area contributed by atoms with Crippen molar-refractivity contribution in [2.75, 3.05) is 6.54 Å². The smallest absolute Gasteiger partial charge is 0.329 e. The molecule has 6 heteroatoms. The molecule has 0 spiro atoms. The van der Waals surface area contributed by atoms with Crippen LogP contribution in [0.4, 0.5) is 0 Å². The fourth-order valence-electron chi connectivity index (χ4n) is 4.36. The van der Waals surface area contributed by atoms with Gasteiger partial charge in [0, 0.05) is 19.0 Å². The van der Waals surface area contributed by atoms with Gasteiger partial charge in [-0.05, 0) is 25.7 Å². The molecule has 1 saturated heterocycles. The van der Waals surface area contributed by atoms with E-state index in [2.05, 4.69) is 5.32 Å². The van der Waals surface area contributed by atoms with Crippen LogP contribution in [-0.2, 0) is 14.4 Å². The summed E-state index contributed by atoms with van der Waals surface area (Å²) < 4.78 is 0. The number of hydrogen-bond donors (Lipinski definition) is 2. The molecular weight excluding hydrogens is 296 g/mol. The van der Waals surface area contributed by atoms with Gasteiger partial charge in [-0.2, -0.15) is 0 Å². The summed E-state index contributed by atoms with van der Waals surface area (Å²) in [7, 11) is 0. The zero-order chi connectivity index (χ0) is 16.4. The number of carbonyl (C=O) groups excluding carboxylic acids is 2. The molecule has 2 saturated carbocycles. The SMILES string of the molecule is O=C(NC1(C(=O)O)CCCCC1)[C@@H]1CC(=O)N(C2CCCC2)C1. The summed E-state index contributed by atoms with van der Waals surface area (Å²) in [6, 6.07) is 0.281. The number of carboxylic acids is 1. The average Bonchev–Trinajstić information content (AvgIpc) is 3.17. The molecule has 1 atom stereocenters. The fourth-order valence-corrected chi connectivity index (χ4v) is 4.36. The van der Waals surface area contributed by atoms with Crippen molar-refractivity contribution in [2.24, 2.45) is 5.92 Å². The van der Waals surface area contributed by atoms with E-state index >= 15 is 0 Å². The van der Waals surface area contributed by atoms with E-state index in [0.29, 0.717) is 19.4 Å². The van der Waals surface area contributed by atoms with Crippen molar-refractivity contribution in [3.05, 3.63) is 0 Å². The van der Waals surface area contributed by atoms with Gasteiger partial charge in [0.15, 0.2) is 0 Å². The minimum Gasteiger partial charge on any atom is -0.480 e. The van der Waals surface area contributed by atoms with Crippen LogP contribution in [0.1, 0.15) is 64.2 Å². The standard InChI is InChI=1S/C17H26N2O4/c20-14-10-12(11-19(14)13-6-2-3-7-13)15(21)18-17(16(22)23)8-4-1-5-9-17/h12-13H,1-11H2,(H,18,21)(H,22,23)/t12-/m1/s1. The molecule has 0 aromatic carbocycles. The first-order valence-electron chi connectivity index (χ1n) is 8.87. The molecule has 0 bridgehead atoms. The van der Waals surface area contributed by atoms with Crippen molar-refractivity contribution < 1.29 is 19.5 Å². The maximum Gasteiger partial charge on any atom is 0.329 e. The van der Waals surface area contributed by atoms with Gasteiger partial charge in [-0.15, -0.1) is 0 Å². The van der Waals surface area contributed by atoms with Gasteiger partial charge >= 0.3 is 5.97 Å². The highest BCUT2D eigenvalue weighted by atomic mass is 16.4. The van der Waals surface area contributed by atoms with E-state index in [1.807, 2.05) is 4.90 Å². The molecule has 1 heterocycles. The summed E-state index contributed by atoms with van der Waals surface area (Å²) in [6.07, 6.45) is 8.20. The first-order chi connectivity index (χ1) is 11.0. The topological polar surface area (TPSA) is 86.7 Å². The molecule has 2 N–H and O–H groups in total. The van der Waals surface area contributed by atoms with Gasteiger partial charge in [0.05, 0.1) is 5.92 Å². The monoisotopic (exact) mass is 322 g/mol. The second kappa shape index (κ2) is 6.49. The Kier molecular flexibility index (Phi) is 4.60. The van der Waals surface area contributed by atoms with Crippen LogP contribution in [0.5, 0.6) is 0 Å². The highest BCUT2D eigenvalue weighted by molar-refractivity contribution is 5.92. The lowest BCUT2D eigenvalue weighted by molar-refractivity contribution is -0.150. The lowest BCUT2D eigenvalue weighted by atomic mass is 9.81. The Bertz CT molecular complexity index is 493. The zero-order valence-corrected chi connectivity index (χ0v) is 13.6. The minimum atomic E-state index is -1.13. The van der Waals surface area contributed by atoms with Crippen molar-refractivity contribution in [3.63, 3.8) is 0 Å². The Labute approximate surface area is 136 Å². The van der Waals surface area contributed by atoms with Gasteiger partial charge in [0.25, 0.3) is 0 Å². The van der Waals surface area contributed by atoms with Crippen LogP contribution in [0, 0.1) is 5.92 Å². The van der Waals surface area contributed by atoms with Gasteiger partial charge in [0.1, 0.15) is 5.54 Å². The van der Waals surface area contributed by atoms with Crippen molar-refractivity contribution in [3.8, 4) is 0 Å². The molecule has 3 aliphatic rings. The summed E-state index contributed by atoms with van der Waals surface area (Å²) in [5.74, 6) is -1.56. The van der Waals surface area contributed by atoms with Crippen LogP contribution in [0.3, 0.4) is 0 Å². The molecule has 0 aromatic heterocycles. The molecule has 1 aliphatic heterocycles. The quantitative estimate of drug-likeness (QED) is 0.824. The Morgan fingerprint density at radius 2 is 1.74 bits per heavy atom. The third-order valence-corrected chi connectivity index (χ3v) is 5.77. The van der Waals surface area contributed by atoms with Crippen LogP contribution < -0.4 is 5.32 Å². The highest BCUT2D eigenvalue weighted by Crippen LogP contribution is 2.32.